The van der Waals surface area contributed by atoms with Gasteiger partial charge in [-0.25, -0.2) is 4.98 Å². The molecule has 1 aromatic heterocycles. The summed E-state index contributed by atoms with van der Waals surface area (Å²) in [5, 5.41) is 6.74. The molecule has 2 heterocycles. The van der Waals surface area contributed by atoms with Gasteiger partial charge in [0.05, 0.1) is 0 Å². The zero-order valence-electron chi connectivity index (χ0n) is 12.1. The largest absolute Gasteiger partial charge is 0.483 e. The van der Waals surface area contributed by atoms with Crippen LogP contribution in [0.1, 0.15) is 47.3 Å². The maximum atomic E-state index is 6.17. The second kappa shape index (κ2) is 5.54. The first-order valence-corrected chi connectivity index (χ1v) is 7.98. The molecular weight excluding hydrogens is 268 g/mol. The molecule has 4 heteroatoms. The summed E-state index contributed by atoms with van der Waals surface area (Å²) in [6.07, 6.45) is 1.00. The Balaban J connectivity index is 1.94. The van der Waals surface area contributed by atoms with E-state index in [1.54, 1.807) is 11.3 Å². The van der Waals surface area contributed by atoms with E-state index in [-0.39, 0.29) is 6.10 Å². The van der Waals surface area contributed by atoms with Gasteiger partial charge in [-0.15, -0.1) is 11.3 Å². The first-order chi connectivity index (χ1) is 9.67. The standard InChI is InChI=1S/C16H20N2OS/c1-4-17-13-8-15(16-18-11(3)9-20-16)19-14-6-5-10(2)7-12(13)14/h5-7,9,13,15,17H,4,8H2,1-3H3. The fraction of sp³-hybridized carbons (Fsp3) is 0.438. The Morgan fingerprint density at radius 2 is 2.25 bits per heavy atom. The van der Waals surface area contributed by atoms with Gasteiger partial charge in [-0.2, -0.15) is 0 Å². The molecule has 106 valence electrons. The van der Waals surface area contributed by atoms with Crippen LogP contribution < -0.4 is 10.1 Å². The topological polar surface area (TPSA) is 34.2 Å². The Hall–Kier alpha value is -1.39. The lowest BCUT2D eigenvalue weighted by atomic mass is 9.95. The first kappa shape index (κ1) is 13.6. The Labute approximate surface area is 124 Å². The van der Waals surface area contributed by atoms with Crippen LogP contribution in [0.5, 0.6) is 5.75 Å². The van der Waals surface area contributed by atoms with Crippen LogP contribution in [-0.2, 0) is 0 Å². The predicted molar refractivity (Wildman–Crippen MR) is 82.4 cm³/mol. The van der Waals surface area contributed by atoms with Gasteiger partial charge in [-0.05, 0) is 26.5 Å². The Morgan fingerprint density at radius 3 is 2.95 bits per heavy atom. The van der Waals surface area contributed by atoms with E-state index in [2.05, 4.69) is 47.7 Å². The lowest BCUT2D eigenvalue weighted by Crippen LogP contribution is -2.29. The molecule has 1 aromatic carbocycles. The molecule has 3 nitrogen and oxygen atoms in total. The normalized spacial score (nSPS) is 21.4. The van der Waals surface area contributed by atoms with Gasteiger partial charge >= 0.3 is 0 Å². The van der Waals surface area contributed by atoms with Gasteiger partial charge in [0, 0.05) is 29.1 Å². The summed E-state index contributed by atoms with van der Waals surface area (Å²) < 4.78 is 6.17. The predicted octanol–water partition coefficient (Wildman–Crippen LogP) is 3.93. The highest BCUT2D eigenvalue weighted by atomic mass is 32.1. The third-order valence-corrected chi connectivity index (χ3v) is 4.68. The van der Waals surface area contributed by atoms with Crippen LogP contribution in [0.25, 0.3) is 0 Å². The molecule has 0 saturated heterocycles. The number of hydrogen-bond acceptors (Lipinski definition) is 4. The third kappa shape index (κ3) is 2.58. The zero-order chi connectivity index (χ0) is 14.1. The minimum Gasteiger partial charge on any atom is -0.483 e. The number of rotatable bonds is 3. The second-order valence-corrected chi connectivity index (χ2v) is 6.21. The number of ether oxygens (including phenoxy) is 1. The summed E-state index contributed by atoms with van der Waals surface area (Å²) in [4.78, 5) is 4.59. The maximum absolute atomic E-state index is 6.17. The van der Waals surface area contributed by atoms with Crippen molar-refractivity contribution < 1.29 is 4.74 Å². The van der Waals surface area contributed by atoms with Gasteiger partial charge in [0.1, 0.15) is 10.8 Å². The molecule has 0 aliphatic carbocycles. The van der Waals surface area contributed by atoms with Crippen molar-refractivity contribution in [3.05, 3.63) is 45.4 Å². The average molecular weight is 288 g/mol. The lowest BCUT2D eigenvalue weighted by molar-refractivity contribution is 0.151. The van der Waals surface area contributed by atoms with Crippen molar-refractivity contribution in [2.45, 2.75) is 39.3 Å². The smallest absolute Gasteiger partial charge is 0.152 e. The van der Waals surface area contributed by atoms with Crippen LogP contribution in [-0.4, -0.2) is 11.5 Å². The van der Waals surface area contributed by atoms with E-state index in [1.165, 1.54) is 11.1 Å². The second-order valence-electron chi connectivity index (χ2n) is 5.32. The number of thiazole rings is 1. The summed E-state index contributed by atoms with van der Waals surface area (Å²) in [6, 6.07) is 6.77. The molecule has 1 aliphatic rings. The van der Waals surface area contributed by atoms with Crippen LogP contribution in [0.15, 0.2) is 23.6 Å². The molecule has 0 fully saturated rings. The van der Waals surface area contributed by atoms with Crippen LogP contribution in [0, 0.1) is 13.8 Å². The SMILES string of the molecule is CCNC1CC(c2nc(C)cs2)Oc2ccc(C)cc21. The van der Waals surface area contributed by atoms with Gasteiger partial charge < -0.3 is 10.1 Å². The molecule has 0 radical (unpaired) electrons. The van der Waals surface area contributed by atoms with E-state index in [9.17, 15) is 0 Å². The summed E-state index contributed by atoms with van der Waals surface area (Å²) >= 11 is 1.69. The van der Waals surface area contributed by atoms with Crippen molar-refractivity contribution in [1.82, 2.24) is 10.3 Å². The van der Waals surface area contributed by atoms with E-state index in [0.29, 0.717) is 6.04 Å². The highest BCUT2D eigenvalue weighted by Crippen LogP contribution is 2.41. The van der Waals surface area contributed by atoms with E-state index in [1.807, 2.05) is 6.92 Å². The Kier molecular flexibility index (Phi) is 3.76. The average Bonchev–Trinajstić information content (AvgIpc) is 2.86. The molecule has 1 aliphatic heterocycles. The lowest BCUT2D eigenvalue weighted by Gasteiger charge is -2.32. The Morgan fingerprint density at radius 1 is 1.40 bits per heavy atom. The number of aromatic nitrogens is 1. The van der Waals surface area contributed by atoms with Crippen LogP contribution in [0.4, 0.5) is 0 Å². The number of fused-ring (bicyclic) bond motifs is 1. The molecule has 2 unspecified atom stereocenters. The summed E-state index contributed by atoms with van der Waals surface area (Å²) in [5.74, 6) is 0.991. The highest BCUT2D eigenvalue weighted by molar-refractivity contribution is 7.09. The van der Waals surface area contributed by atoms with E-state index in [4.69, 9.17) is 4.74 Å². The molecule has 0 amide bonds. The first-order valence-electron chi connectivity index (χ1n) is 7.10. The number of hydrogen-bond donors (Lipinski definition) is 1. The fourth-order valence-electron chi connectivity index (χ4n) is 2.70. The third-order valence-electron chi connectivity index (χ3n) is 3.62. The van der Waals surface area contributed by atoms with Crippen molar-refractivity contribution in [2.75, 3.05) is 6.54 Å². The van der Waals surface area contributed by atoms with Gasteiger partial charge in [0.15, 0.2) is 6.10 Å². The minimum atomic E-state index is 0.0629. The molecule has 3 rings (SSSR count). The number of benzene rings is 1. The minimum absolute atomic E-state index is 0.0629. The van der Waals surface area contributed by atoms with Crippen LogP contribution >= 0.6 is 11.3 Å². The summed E-state index contributed by atoms with van der Waals surface area (Å²) in [6.45, 7) is 7.26. The fourth-order valence-corrected chi connectivity index (χ4v) is 3.54. The van der Waals surface area contributed by atoms with E-state index >= 15 is 0 Å². The van der Waals surface area contributed by atoms with Gasteiger partial charge in [-0.1, -0.05) is 24.6 Å². The molecule has 0 spiro atoms. The van der Waals surface area contributed by atoms with Gasteiger partial charge in [-0.3, -0.25) is 0 Å². The monoisotopic (exact) mass is 288 g/mol. The van der Waals surface area contributed by atoms with Gasteiger partial charge in [0.25, 0.3) is 0 Å². The molecule has 1 N–H and O–H groups in total. The molecule has 2 aromatic rings. The summed E-state index contributed by atoms with van der Waals surface area (Å²) in [5.41, 5.74) is 3.62. The summed E-state index contributed by atoms with van der Waals surface area (Å²) in [7, 11) is 0. The quantitative estimate of drug-likeness (QED) is 0.929. The van der Waals surface area contributed by atoms with Crippen molar-refractivity contribution >= 4 is 11.3 Å². The van der Waals surface area contributed by atoms with Crippen molar-refractivity contribution in [3.8, 4) is 5.75 Å². The van der Waals surface area contributed by atoms with Crippen molar-refractivity contribution in [3.63, 3.8) is 0 Å². The molecule has 0 bridgehead atoms. The maximum Gasteiger partial charge on any atom is 0.152 e. The number of nitrogens with zero attached hydrogens (tertiary/aromatic N) is 1. The zero-order valence-corrected chi connectivity index (χ0v) is 13.0. The molecule has 0 saturated carbocycles. The van der Waals surface area contributed by atoms with Crippen LogP contribution in [0.2, 0.25) is 0 Å². The molecule has 2 atom stereocenters. The van der Waals surface area contributed by atoms with E-state index < -0.39 is 0 Å². The van der Waals surface area contributed by atoms with Gasteiger partial charge in [0.2, 0.25) is 0 Å². The highest BCUT2D eigenvalue weighted by Gasteiger charge is 2.30. The molecule has 20 heavy (non-hydrogen) atoms. The van der Waals surface area contributed by atoms with Crippen molar-refractivity contribution in [1.29, 1.82) is 0 Å². The van der Waals surface area contributed by atoms with Crippen molar-refractivity contribution in [2.24, 2.45) is 0 Å². The van der Waals surface area contributed by atoms with E-state index in [0.717, 1.165) is 29.4 Å². The number of aryl methyl sites for hydroxylation is 2. The van der Waals surface area contributed by atoms with Crippen LogP contribution in [0.3, 0.4) is 0 Å². The Bertz CT molecular complexity index is 608. The molecular formula is C16H20N2OS. The number of nitrogens with one attached hydrogen (secondary N) is 1.